The molecule has 0 saturated heterocycles. The number of aromatic nitrogens is 3. The standard InChI is InChI=1S/C16H16N4O3S2/c1-10-3-5-13(25-10)12-9-24-16(17-12)18-15(22)11-4-6-14(21)20(19-11)7-8-23-2/h3-6,9H,7-8H2,1-2H3,(H,17,18,22). The second kappa shape index (κ2) is 7.68. The van der Waals surface area contributed by atoms with Gasteiger partial charge in [0.2, 0.25) is 0 Å². The quantitative estimate of drug-likeness (QED) is 0.715. The molecular weight excluding hydrogens is 360 g/mol. The van der Waals surface area contributed by atoms with Gasteiger partial charge in [-0.15, -0.1) is 22.7 Å². The number of hydrogen-bond donors (Lipinski definition) is 1. The molecule has 0 aliphatic carbocycles. The predicted molar refractivity (Wildman–Crippen MR) is 98.5 cm³/mol. The predicted octanol–water partition coefficient (Wildman–Crippen LogP) is 2.64. The molecule has 0 aliphatic heterocycles. The fourth-order valence-corrected chi connectivity index (χ4v) is 3.69. The lowest BCUT2D eigenvalue weighted by Gasteiger charge is -2.06. The Kier molecular flexibility index (Phi) is 5.37. The summed E-state index contributed by atoms with van der Waals surface area (Å²) in [5, 5.41) is 9.17. The van der Waals surface area contributed by atoms with E-state index in [2.05, 4.69) is 15.4 Å². The number of anilines is 1. The van der Waals surface area contributed by atoms with Crippen molar-refractivity contribution in [2.75, 3.05) is 19.0 Å². The minimum Gasteiger partial charge on any atom is -0.383 e. The number of nitrogens with zero attached hydrogens (tertiary/aromatic N) is 3. The SMILES string of the molecule is COCCn1nc(C(=O)Nc2nc(-c3ccc(C)s3)cs2)ccc1=O. The summed E-state index contributed by atoms with van der Waals surface area (Å²) in [7, 11) is 1.54. The molecule has 3 rings (SSSR count). The van der Waals surface area contributed by atoms with E-state index < -0.39 is 5.91 Å². The monoisotopic (exact) mass is 376 g/mol. The molecule has 0 aromatic carbocycles. The number of methoxy groups -OCH3 is 1. The first-order valence-corrected chi connectivity index (χ1v) is 9.17. The summed E-state index contributed by atoms with van der Waals surface area (Å²) in [6.45, 7) is 2.66. The Labute approximate surface area is 151 Å². The lowest BCUT2D eigenvalue weighted by Crippen LogP contribution is -2.27. The van der Waals surface area contributed by atoms with Gasteiger partial charge in [0, 0.05) is 23.4 Å². The number of aryl methyl sites for hydroxylation is 1. The largest absolute Gasteiger partial charge is 0.383 e. The zero-order chi connectivity index (χ0) is 17.8. The van der Waals surface area contributed by atoms with E-state index in [0.29, 0.717) is 11.7 Å². The van der Waals surface area contributed by atoms with Crippen LogP contribution in [0.15, 0.2) is 34.4 Å². The maximum atomic E-state index is 12.4. The van der Waals surface area contributed by atoms with Gasteiger partial charge in [-0.2, -0.15) is 5.10 Å². The van der Waals surface area contributed by atoms with Gasteiger partial charge in [0.15, 0.2) is 5.13 Å². The average molecular weight is 376 g/mol. The molecule has 1 amide bonds. The molecule has 25 heavy (non-hydrogen) atoms. The highest BCUT2D eigenvalue weighted by Crippen LogP contribution is 2.30. The van der Waals surface area contributed by atoms with E-state index in [4.69, 9.17) is 4.74 Å². The molecule has 0 saturated carbocycles. The summed E-state index contributed by atoms with van der Waals surface area (Å²) in [5.41, 5.74) is 0.703. The van der Waals surface area contributed by atoms with Gasteiger partial charge in [0.1, 0.15) is 5.69 Å². The topological polar surface area (TPSA) is 86.1 Å². The first-order valence-electron chi connectivity index (χ1n) is 7.47. The fourth-order valence-electron chi connectivity index (χ4n) is 2.09. The minimum absolute atomic E-state index is 0.152. The number of nitrogens with one attached hydrogen (secondary N) is 1. The number of hydrogen-bond acceptors (Lipinski definition) is 7. The van der Waals surface area contributed by atoms with E-state index >= 15 is 0 Å². The summed E-state index contributed by atoms with van der Waals surface area (Å²) in [5.74, 6) is -0.408. The Morgan fingerprint density at radius 1 is 1.32 bits per heavy atom. The second-order valence-electron chi connectivity index (χ2n) is 5.18. The first-order chi connectivity index (χ1) is 12.1. The van der Waals surface area contributed by atoms with Gasteiger partial charge in [-0.05, 0) is 25.1 Å². The number of carbonyl (C=O) groups excluding carboxylic acids is 1. The fraction of sp³-hybridized carbons (Fsp3) is 0.250. The summed E-state index contributed by atoms with van der Waals surface area (Å²) in [6, 6.07) is 6.76. The highest BCUT2D eigenvalue weighted by atomic mass is 32.1. The van der Waals surface area contributed by atoms with Crippen molar-refractivity contribution in [2.24, 2.45) is 0 Å². The van der Waals surface area contributed by atoms with Crippen LogP contribution in [0.4, 0.5) is 5.13 Å². The summed E-state index contributed by atoms with van der Waals surface area (Å²) >= 11 is 2.99. The Balaban J connectivity index is 1.74. The Morgan fingerprint density at radius 3 is 2.88 bits per heavy atom. The molecule has 130 valence electrons. The molecule has 0 spiro atoms. The van der Waals surface area contributed by atoms with Crippen LogP contribution in [-0.4, -0.2) is 34.4 Å². The molecule has 1 N–H and O–H groups in total. The third kappa shape index (κ3) is 4.19. The van der Waals surface area contributed by atoms with E-state index in [9.17, 15) is 9.59 Å². The average Bonchev–Trinajstić information content (AvgIpc) is 3.23. The molecule has 9 heteroatoms. The van der Waals surface area contributed by atoms with E-state index in [0.717, 1.165) is 10.6 Å². The molecule has 0 bridgehead atoms. The van der Waals surface area contributed by atoms with Crippen molar-refractivity contribution in [3.63, 3.8) is 0 Å². The summed E-state index contributed by atoms with van der Waals surface area (Å²) in [6.07, 6.45) is 0. The lowest BCUT2D eigenvalue weighted by molar-refractivity contribution is 0.101. The number of amides is 1. The first kappa shape index (κ1) is 17.5. The van der Waals surface area contributed by atoms with Crippen LogP contribution < -0.4 is 10.9 Å². The third-order valence-electron chi connectivity index (χ3n) is 3.32. The minimum atomic E-state index is -0.408. The molecule has 3 aromatic heterocycles. The van der Waals surface area contributed by atoms with Crippen molar-refractivity contribution < 1.29 is 9.53 Å². The molecule has 7 nitrogen and oxygen atoms in total. The summed E-state index contributed by atoms with van der Waals surface area (Å²) < 4.78 is 6.14. The molecule has 0 radical (unpaired) electrons. The van der Waals surface area contributed by atoms with Crippen molar-refractivity contribution >= 4 is 33.7 Å². The van der Waals surface area contributed by atoms with Crippen molar-refractivity contribution in [3.05, 3.63) is 50.6 Å². The van der Waals surface area contributed by atoms with Gasteiger partial charge < -0.3 is 4.74 Å². The molecule has 0 aliphatic rings. The highest BCUT2D eigenvalue weighted by molar-refractivity contribution is 7.17. The van der Waals surface area contributed by atoms with E-state index in [-0.39, 0.29) is 17.8 Å². The van der Waals surface area contributed by atoms with Gasteiger partial charge in [-0.1, -0.05) is 0 Å². The van der Waals surface area contributed by atoms with E-state index in [1.165, 1.54) is 40.1 Å². The van der Waals surface area contributed by atoms with Crippen LogP contribution in [0, 0.1) is 6.92 Å². The number of thiophene rings is 1. The number of thiazole rings is 1. The van der Waals surface area contributed by atoms with E-state index in [1.807, 2.05) is 24.4 Å². The van der Waals surface area contributed by atoms with E-state index in [1.54, 1.807) is 11.3 Å². The zero-order valence-corrected chi connectivity index (χ0v) is 15.3. The second-order valence-corrected chi connectivity index (χ2v) is 7.32. The number of carbonyl (C=O) groups is 1. The van der Waals surface area contributed by atoms with Crippen LogP contribution in [0.1, 0.15) is 15.4 Å². The summed E-state index contributed by atoms with van der Waals surface area (Å²) in [4.78, 5) is 30.8. The number of ether oxygens (including phenoxy) is 1. The van der Waals surface area contributed by atoms with Gasteiger partial charge in [0.25, 0.3) is 11.5 Å². The molecule has 0 atom stereocenters. The highest BCUT2D eigenvalue weighted by Gasteiger charge is 2.13. The zero-order valence-electron chi connectivity index (χ0n) is 13.7. The van der Waals surface area contributed by atoms with Gasteiger partial charge >= 0.3 is 0 Å². The smallest absolute Gasteiger partial charge is 0.277 e. The molecule has 0 unspecified atom stereocenters. The molecule has 3 heterocycles. The number of rotatable bonds is 6. The van der Waals surface area contributed by atoms with Crippen LogP contribution in [-0.2, 0) is 11.3 Å². The van der Waals surface area contributed by atoms with Crippen LogP contribution in [0.3, 0.4) is 0 Å². The third-order valence-corrected chi connectivity index (χ3v) is 5.10. The van der Waals surface area contributed by atoms with Crippen LogP contribution >= 0.6 is 22.7 Å². The normalized spacial score (nSPS) is 10.8. The lowest BCUT2D eigenvalue weighted by atomic mass is 10.3. The van der Waals surface area contributed by atoms with Crippen molar-refractivity contribution in [1.82, 2.24) is 14.8 Å². The van der Waals surface area contributed by atoms with Crippen molar-refractivity contribution in [2.45, 2.75) is 13.5 Å². The molecular formula is C16H16N4O3S2. The van der Waals surface area contributed by atoms with Gasteiger partial charge in [-0.25, -0.2) is 9.67 Å². The maximum absolute atomic E-state index is 12.4. The van der Waals surface area contributed by atoms with Crippen LogP contribution in [0.2, 0.25) is 0 Å². The van der Waals surface area contributed by atoms with Crippen molar-refractivity contribution in [3.8, 4) is 10.6 Å². The van der Waals surface area contributed by atoms with Gasteiger partial charge in [0.05, 0.1) is 23.7 Å². The van der Waals surface area contributed by atoms with Crippen molar-refractivity contribution in [1.29, 1.82) is 0 Å². The van der Waals surface area contributed by atoms with Gasteiger partial charge in [-0.3, -0.25) is 14.9 Å². The maximum Gasteiger partial charge on any atom is 0.277 e. The Morgan fingerprint density at radius 2 is 2.16 bits per heavy atom. The van der Waals surface area contributed by atoms with Crippen LogP contribution in [0.25, 0.3) is 10.6 Å². The van der Waals surface area contributed by atoms with Crippen LogP contribution in [0.5, 0.6) is 0 Å². The molecule has 0 fully saturated rings. The Bertz CT molecular complexity index is 945. The molecule has 3 aromatic rings. The Hall–Kier alpha value is -2.36.